The predicted octanol–water partition coefficient (Wildman–Crippen LogP) is 3.54. The van der Waals surface area contributed by atoms with Crippen molar-refractivity contribution >= 4 is 9.84 Å². The molecule has 0 rings (SSSR count). The van der Waals surface area contributed by atoms with Gasteiger partial charge in [-0.25, -0.2) is 8.42 Å². The summed E-state index contributed by atoms with van der Waals surface area (Å²) in [7, 11) is -2.80. The summed E-state index contributed by atoms with van der Waals surface area (Å²) < 4.78 is 21.8. The average molecular weight is 292 g/mol. The van der Waals surface area contributed by atoms with Crippen LogP contribution in [0.25, 0.3) is 0 Å². The van der Waals surface area contributed by atoms with Crippen molar-refractivity contribution in [1.29, 1.82) is 0 Å². The van der Waals surface area contributed by atoms with E-state index < -0.39 is 9.84 Å². The van der Waals surface area contributed by atoms with Gasteiger partial charge in [0.25, 0.3) is 0 Å². The zero-order valence-electron chi connectivity index (χ0n) is 12.9. The van der Waals surface area contributed by atoms with Crippen LogP contribution in [-0.4, -0.2) is 33.5 Å². The molecule has 0 aliphatic carbocycles. The molecule has 0 unspecified atom stereocenters. The summed E-state index contributed by atoms with van der Waals surface area (Å²) in [6.07, 6.45) is 14.7. The second-order valence-corrected chi connectivity index (χ2v) is 7.82. The van der Waals surface area contributed by atoms with E-state index in [1.165, 1.54) is 70.5 Å². The summed E-state index contributed by atoms with van der Waals surface area (Å²) in [5.74, 6) is 0.255. The maximum Gasteiger partial charge on any atom is 0.148 e. The largest absolute Gasteiger partial charge is 0.316 e. The van der Waals surface area contributed by atoms with Crippen molar-refractivity contribution in [1.82, 2.24) is 5.32 Å². The van der Waals surface area contributed by atoms with Gasteiger partial charge in [-0.1, -0.05) is 64.7 Å². The summed E-state index contributed by atoms with van der Waals surface area (Å²) in [5, 5.41) is 3.19. The lowest BCUT2D eigenvalue weighted by Crippen LogP contribution is -2.23. The smallest absolute Gasteiger partial charge is 0.148 e. The molecule has 0 aromatic carbocycles. The third-order valence-electron chi connectivity index (χ3n) is 3.36. The van der Waals surface area contributed by atoms with E-state index in [4.69, 9.17) is 0 Å². The average Bonchev–Trinajstić information content (AvgIpc) is 2.34. The molecular formula is C15H33NO2S. The predicted molar refractivity (Wildman–Crippen MR) is 84.4 cm³/mol. The second kappa shape index (κ2) is 12.9. The van der Waals surface area contributed by atoms with Gasteiger partial charge < -0.3 is 5.32 Å². The van der Waals surface area contributed by atoms with Crippen LogP contribution in [0.15, 0.2) is 0 Å². The molecule has 0 radical (unpaired) electrons. The van der Waals surface area contributed by atoms with Crippen molar-refractivity contribution in [2.24, 2.45) is 0 Å². The first-order valence-electron chi connectivity index (χ1n) is 7.94. The van der Waals surface area contributed by atoms with Crippen LogP contribution >= 0.6 is 0 Å². The number of unbranched alkanes of at least 4 members (excludes halogenated alkanes) is 9. The Labute approximate surface area is 120 Å². The lowest BCUT2D eigenvalue weighted by atomic mass is 10.1. The van der Waals surface area contributed by atoms with Crippen LogP contribution in [0.5, 0.6) is 0 Å². The quantitative estimate of drug-likeness (QED) is 0.498. The Bertz CT molecular complexity index is 276. The van der Waals surface area contributed by atoms with Gasteiger partial charge in [0.1, 0.15) is 9.84 Å². The molecule has 0 bridgehead atoms. The molecule has 4 heteroatoms. The standard InChI is InChI=1S/C15H33NO2S/c1-3-4-5-6-7-8-9-10-11-12-13-16-14-15-19(2,17)18/h16H,3-15H2,1-2H3. The van der Waals surface area contributed by atoms with Crippen LogP contribution in [0, 0.1) is 0 Å². The zero-order chi connectivity index (χ0) is 14.4. The Morgan fingerprint density at radius 2 is 1.21 bits per heavy atom. The summed E-state index contributed by atoms with van der Waals surface area (Å²) >= 11 is 0. The Kier molecular flexibility index (Phi) is 12.9. The van der Waals surface area contributed by atoms with Crippen LogP contribution in [0.4, 0.5) is 0 Å². The molecule has 0 amide bonds. The number of hydrogen-bond acceptors (Lipinski definition) is 3. The highest BCUT2D eigenvalue weighted by atomic mass is 32.2. The van der Waals surface area contributed by atoms with Crippen LogP contribution in [0.1, 0.15) is 71.1 Å². The fourth-order valence-electron chi connectivity index (χ4n) is 2.12. The van der Waals surface area contributed by atoms with Gasteiger partial charge in [-0.2, -0.15) is 0 Å². The fourth-order valence-corrected chi connectivity index (χ4v) is 2.64. The highest BCUT2D eigenvalue weighted by Gasteiger charge is 1.99. The van der Waals surface area contributed by atoms with Gasteiger partial charge in [-0.15, -0.1) is 0 Å². The number of sulfone groups is 1. The Balaban J connectivity index is 3.03. The Morgan fingerprint density at radius 3 is 1.68 bits per heavy atom. The minimum Gasteiger partial charge on any atom is -0.316 e. The van der Waals surface area contributed by atoms with Gasteiger partial charge >= 0.3 is 0 Å². The van der Waals surface area contributed by atoms with E-state index in [0.717, 1.165) is 6.54 Å². The van der Waals surface area contributed by atoms with Crippen LogP contribution in [0.2, 0.25) is 0 Å². The normalized spacial score (nSPS) is 11.9. The molecule has 19 heavy (non-hydrogen) atoms. The van der Waals surface area contributed by atoms with Crippen molar-refractivity contribution in [3.8, 4) is 0 Å². The van der Waals surface area contributed by atoms with Gasteiger partial charge in [-0.05, 0) is 13.0 Å². The number of hydrogen-bond donors (Lipinski definition) is 1. The van der Waals surface area contributed by atoms with Gasteiger partial charge in [-0.3, -0.25) is 0 Å². The van der Waals surface area contributed by atoms with Crippen molar-refractivity contribution in [3.63, 3.8) is 0 Å². The minimum absolute atomic E-state index is 0.255. The van der Waals surface area contributed by atoms with E-state index in [0.29, 0.717) is 6.54 Å². The van der Waals surface area contributed by atoms with E-state index in [2.05, 4.69) is 12.2 Å². The molecule has 0 saturated heterocycles. The van der Waals surface area contributed by atoms with Gasteiger partial charge in [0.05, 0.1) is 5.75 Å². The summed E-state index contributed by atoms with van der Waals surface area (Å²) in [6, 6.07) is 0. The first-order valence-corrected chi connectivity index (χ1v) is 10.0. The molecule has 1 N–H and O–H groups in total. The molecular weight excluding hydrogens is 258 g/mol. The van der Waals surface area contributed by atoms with Crippen LogP contribution in [-0.2, 0) is 9.84 Å². The lowest BCUT2D eigenvalue weighted by molar-refractivity contribution is 0.545. The lowest BCUT2D eigenvalue weighted by Gasteiger charge is -2.04. The minimum atomic E-state index is -2.80. The molecule has 0 atom stereocenters. The third kappa shape index (κ3) is 17.9. The van der Waals surface area contributed by atoms with Gasteiger partial charge in [0.15, 0.2) is 0 Å². The summed E-state index contributed by atoms with van der Waals surface area (Å²) in [4.78, 5) is 0. The summed E-state index contributed by atoms with van der Waals surface area (Å²) in [5.41, 5.74) is 0. The summed E-state index contributed by atoms with van der Waals surface area (Å²) in [6.45, 7) is 3.80. The first-order chi connectivity index (χ1) is 9.06. The molecule has 0 aromatic heterocycles. The topological polar surface area (TPSA) is 46.2 Å². The van der Waals surface area contributed by atoms with Crippen molar-refractivity contribution < 1.29 is 8.42 Å². The van der Waals surface area contributed by atoms with E-state index >= 15 is 0 Å². The monoisotopic (exact) mass is 291 g/mol. The Morgan fingerprint density at radius 1 is 0.737 bits per heavy atom. The van der Waals surface area contributed by atoms with E-state index in [-0.39, 0.29) is 5.75 Å². The molecule has 0 fully saturated rings. The van der Waals surface area contributed by atoms with Crippen molar-refractivity contribution in [3.05, 3.63) is 0 Å². The second-order valence-electron chi connectivity index (χ2n) is 5.56. The maximum absolute atomic E-state index is 10.9. The SMILES string of the molecule is CCCCCCCCCCCCNCCS(C)(=O)=O. The van der Waals surface area contributed by atoms with E-state index in [1.54, 1.807) is 0 Å². The van der Waals surface area contributed by atoms with Crippen LogP contribution < -0.4 is 5.32 Å². The van der Waals surface area contributed by atoms with E-state index in [9.17, 15) is 8.42 Å². The first kappa shape index (κ1) is 18.9. The molecule has 0 saturated carbocycles. The van der Waals surface area contributed by atoms with E-state index in [1.807, 2.05) is 0 Å². The molecule has 116 valence electrons. The highest BCUT2D eigenvalue weighted by Crippen LogP contribution is 2.10. The molecule has 0 aliphatic heterocycles. The molecule has 0 aliphatic rings. The van der Waals surface area contributed by atoms with Gasteiger partial charge in [0, 0.05) is 12.8 Å². The highest BCUT2D eigenvalue weighted by molar-refractivity contribution is 7.90. The van der Waals surface area contributed by atoms with Crippen molar-refractivity contribution in [2.45, 2.75) is 71.1 Å². The van der Waals surface area contributed by atoms with Crippen LogP contribution in [0.3, 0.4) is 0 Å². The molecule has 3 nitrogen and oxygen atoms in total. The third-order valence-corrected chi connectivity index (χ3v) is 4.30. The maximum atomic E-state index is 10.9. The van der Waals surface area contributed by atoms with Gasteiger partial charge in [0.2, 0.25) is 0 Å². The number of nitrogens with one attached hydrogen (secondary N) is 1. The number of rotatable bonds is 14. The molecule has 0 heterocycles. The molecule has 0 aromatic rings. The molecule has 0 spiro atoms. The Hall–Kier alpha value is -0.0900. The fraction of sp³-hybridized carbons (Fsp3) is 1.00. The van der Waals surface area contributed by atoms with Crippen molar-refractivity contribution in [2.75, 3.05) is 25.1 Å². The zero-order valence-corrected chi connectivity index (χ0v) is 13.7.